The Morgan fingerprint density at radius 3 is 2.72 bits per heavy atom. The second kappa shape index (κ2) is 11.6. The number of aromatic nitrogens is 3. The molecule has 0 aliphatic rings. The Morgan fingerprint density at radius 2 is 2.03 bits per heavy atom. The first-order chi connectivity index (χ1) is 13.7. The van der Waals surface area contributed by atoms with Gasteiger partial charge in [-0.15, -0.1) is 24.0 Å². The van der Waals surface area contributed by atoms with Gasteiger partial charge in [-0.3, -0.25) is 4.99 Å². The van der Waals surface area contributed by atoms with Crippen LogP contribution in [-0.4, -0.2) is 52.9 Å². The molecule has 1 N–H and O–H groups in total. The minimum absolute atomic E-state index is 0. The summed E-state index contributed by atoms with van der Waals surface area (Å²) in [6.45, 7) is 1.86. The molecule has 0 saturated carbocycles. The molecule has 3 rings (SSSR count). The molecule has 2 heterocycles. The number of likely N-dealkylation sites (N-methyl/N-ethyl adjacent to an activating group) is 1. The normalized spacial score (nSPS) is 10.9. The van der Waals surface area contributed by atoms with Crippen molar-refractivity contribution in [3.8, 4) is 11.6 Å². The van der Waals surface area contributed by atoms with Crippen molar-refractivity contribution >= 4 is 41.5 Å². The lowest BCUT2D eigenvalue weighted by Gasteiger charge is -2.22. The average Bonchev–Trinajstić information content (AvgIpc) is 3.25. The molecule has 9 heteroatoms. The first-order valence-corrected chi connectivity index (χ1v) is 9.28. The van der Waals surface area contributed by atoms with Gasteiger partial charge >= 0.3 is 0 Å². The zero-order valence-corrected chi connectivity index (χ0v) is 19.4. The third-order valence-electron chi connectivity index (χ3n) is 4.08. The Hall–Kier alpha value is -2.33. The third kappa shape index (κ3) is 6.90. The quantitative estimate of drug-likeness (QED) is 0.289. The summed E-state index contributed by atoms with van der Waals surface area (Å²) in [7, 11) is 3.74. The van der Waals surface area contributed by atoms with Crippen LogP contribution in [0.25, 0.3) is 5.82 Å². The van der Waals surface area contributed by atoms with Crippen LogP contribution >= 0.6 is 35.6 Å². The highest BCUT2D eigenvalue weighted by molar-refractivity contribution is 14.0. The van der Waals surface area contributed by atoms with E-state index in [1.807, 2.05) is 60.6 Å². The van der Waals surface area contributed by atoms with Gasteiger partial charge in [0.1, 0.15) is 12.4 Å². The van der Waals surface area contributed by atoms with E-state index in [2.05, 4.69) is 20.4 Å². The summed E-state index contributed by atoms with van der Waals surface area (Å²) in [4.78, 5) is 10.7. The molecule has 0 fully saturated rings. The van der Waals surface area contributed by atoms with E-state index in [0.29, 0.717) is 24.7 Å². The van der Waals surface area contributed by atoms with Gasteiger partial charge in [-0.1, -0.05) is 11.6 Å². The monoisotopic (exact) mass is 526 g/mol. The summed E-state index contributed by atoms with van der Waals surface area (Å²) in [5, 5.41) is 8.27. The molecule has 1 aromatic carbocycles. The fourth-order valence-electron chi connectivity index (χ4n) is 2.60. The van der Waals surface area contributed by atoms with Gasteiger partial charge in [-0.2, -0.15) is 5.10 Å². The van der Waals surface area contributed by atoms with Crippen molar-refractivity contribution in [2.75, 3.05) is 27.2 Å². The molecule has 0 unspecified atom stereocenters. The van der Waals surface area contributed by atoms with Crippen molar-refractivity contribution in [2.45, 2.75) is 6.54 Å². The third-order valence-corrected chi connectivity index (χ3v) is 4.33. The lowest BCUT2D eigenvalue weighted by Crippen LogP contribution is -2.40. The zero-order valence-electron chi connectivity index (χ0n) is 16.3. The Kier molecular flexibility index (Phi) is 9.20. The number of rotatable bonds is 7. The topological polar surface area (TPSA) is 67.6 Å². The lowest BCUT2D eigenvalue weighted by atomic mass is 10.2. The van der Waals surface area contributed by atoms with Gasteiger partial charge in [-0.05, 0) is 48.0 Å². The van der Waals surface area contributed by atoms with Crippen LogP contribution in [-0.2, 0) is 6.54 Å². The summed E-state index contributed by atoms with van der Waals surface area (Å²) >= 11 is 5.88. The minimum atomic E-state index is 0. The van der Waals surface area contributed by atoms with E-state index in [9.17, 15) is 0 Å². The van der Waals surface area contributed by atoms with Gasteiger partial charge in [0.2, 0.25) is 0 Å². The summed E-state index contributed by atoms with van der Waals surface area (Å²) < 4.78 is 7.48. The average molecular weight is 527 g/mol. The van der Waals surface area contributed by atoms with Gasteiger partial charge in [0.15, 0.2) is 11.8 Å². The van der Waals surface area contributed by atoms with Crippen molar-refractivity contribution in [2.24, 2.45) is 4.99 Å². The molecule has 7 nitrogen and oxygen atoms in total. The maximum atomic E-state index is 5.88. The molecule has 0 atom stereocenters. The molecule has 0 aliphatic heterocycles. The van der Waals surface area contributed by atoms with Crippen molar-refractivity contribution in [1.82, 2.24) is 25.0 Å². The number of nitrogens with one attached hydrogen (secondary N) is 1. The summed E-state index contributed by atoms with van der Waals surface area (Å²) in [5.74, 6) is 2.37. The maximum Gasteiger partial charge on any atom is 0.193 e. The molecule has 3 aromatic rings. The lowest BCUT2D eigenvalue weighted by molar-refractivity contribution is 0.281. The molecule has 0 bridgehead atoms. The van der Waals surface area contributed by atoms with Crippen LogP contribution in [0.5, 0.6) is 5.75 Å². The Bertz CT molecular complexity index is 902. The SMILES string of the molecule is CN=C(NCc1ccnc(-n2cccn2)c1)N(C)CCOc1ccc(Cl)cc1.I. The second-order valence-corrected chi connectivity index (χ2v) is 6.53. The number of hydrogen-bond donors (Lipinski definition) is 1. The fraction of sp³-hybridized carbons (Fsp3) is 0.250. The molecule has 154 valence electrons. The predicted octanol–water partition coefficient (Wildman–Crippen LogP) is 3.62. The van der Waals surface area contributed by atoms with E-state index in [1.54, 1.807) is 24.1 Å². The number of hydrogen-bond acceptors (Lipinski definition) is 4. The number of aliphatic imine (C=N–C) groups is 1. The van der Waals surface area contributed by atoms with Crippen LogP contribution in [0.2, 0.25) is 5.02 Å². The number of benzene rings is 1. The predicted molar refractivity (Wildman–Crippen MR) is 127 cm³/mol. The number of halogens is 2. The largest absolute Gasteiger partial charge is 0.492 e. The smallest absolute Gasteiger partial charge is 0.193 e. The molecular formula is C20H24ClIN6O. The molecule has 2 aromatic heterocycles. The van der Waals surface area contributed by atoms with Gasteiger partial charge in [0, 0.05) is 44.3 Å². The van der Waals surface area contributed by atoms with E-state index in [0.717, 1.165) is 23.1 Å². The van der Waals surface area contributed by atoms with E-state index in [1.165, 1.54) is 0 Å². The number of ether oxygens (including phenoxy) is 1. The summed E-state index contributed by atoms with van der Waals surface area (Å²) in [6, 6.07) is 13.2. The van der Waals surface area contributed by atoms with E-state index >= 15 is 0 Å². The maximum absolute atomic E-state index is 5.88. The van der Waals surface area contributed by atoms with E-state index in [-0.39, 0.29) is 24.0 Å². The first kappa shape index (κ1) is 23.0. The molecule has 0 spiro atoms. The molecular weight excluding hydrogens is 503 g/mol. The van der Waals surface area contributed by atoms with Crippen LogP contribution < -0.4 is 10.1 Å². The highest BCUT2D eigenvalue weighted by Crippen LogP contribution is 2.15. The standard InChI is InChI=1S/C20H23ClN6O.HI/c1-22-20(26(2)12-13-28-18-6-4-17(21)5-7-18)24-15-16-8-10-23-19(14-16)27-11-3-9-25-27;/h3-11,14H,12-13,15H2,1-2H3,(H,22,24);1H. The summed E-state index contributed by atoms with van der Waals surface area (Å²) in [5.41, 5.74) is 1.09. The van der Waals surface area contributed by atoms with Crippen molar-refractivity contribution < 1.29 is 4.74 Å². The first-order valence-electron chi connectivity index (χ1n) is 8.91. The second-order valence-electron chi connectivity index (χ2n) is 6.10. The highest BCUT2D eigenvalue weighted by atomic mass is 127. The highest BCUT2D eigenvalue weighted by Gasteiger charge is 2.07. The molecule has 0 aliphatic carbocycles. The Balaban J connectivity index is 0.00000300. The van der Waals surface area contributed by atoms with Crippen LogP contribution in [0.4, 0.5) is 0 Å². The fourth-order valence-corrected chi connectivity index (χ4v) is 2.73. The summed E-state index contributed by atoms with van der Waals surface area (Å²) in [6.07, 6.45) is 5.38. The minimum Gasteiger partial charge on any atom is -0.492 e. The Labute approximate surface area is 192 Å². The number of pyridine rings is 1. The zero-order chi connectivity index (χ0) is 19.8. The van der Waals surface area contributed by atoms with Gasteiger partial charge in [0.25, 0.3) is 0 Å². The van der Waals surface area contributed by atoms with E-state index < -0.39 is 0 Å². The van der Waals surface area contributed by atoms with Gasteiger partial charge in [0.05, 0.1) is 6.54 Å². The molecule has 0 amide bonds. The van der Waals surface area contributed by atoms with Crippen molar-refractivity contribution in [1.29, 1.82) is 0 Å². The molecule has 0 saturated heterocycles. The van der Waals surface area contributed by atoms with Gasteiger partial charge in [-0.25, -0.2) is 9.67 Å². The van der Waals surface area contributed by atoms with Crippen LogP contribution in [0, 0.1) is 0 Å². The molecule has 0 radical (unpaired) electrons. The van der Waals surface area contributed by atoms with Gasteiger partial charge < -0.3 is 15.0 Å². The van der Waals surface area contributed by atoms with Crippen LogP contribution in [0.3, 0.4) is 0 Å². The number of nitrogens with zero attached hydrogens (tertiary/aromatic N) is 5. The van der Waals surface area contributed by atoms with Crippen LogP contribution in [0.1, 0.15) is 5.56 Å². The van der Waals surface area contributed by atoms with Crippen LogP contribution in [0.15, 0.2) is 66.0 Å². The van der Waals surface area contributed by atoms with Crippen molar-refractivity contribution in [3.63, 3.8) is 0 Å². The number of guanidine groups is 1. The Morgan fingerprint density at radius 1 is 1.24 bits per heavy atom. The van der Waals surface area contributed by atoms with Crippen molar-refractivity contribution in [3.05, 3.63) is 71.6 Å². The molecule has 29 heavy (non-hydrogen) atoms. The van der Waals surface area contributed by atoms with E-state index in [4.69, 9.17) is 16.3 Å².